The lowest BCUT2D eigenvalue weighted by Crippen LogP contribution is -2.45. The number of carbonyl (C=O) groups excluding carboxylic acids is 1. The van der Waals surface area contributed by atoms with Crippen LogP contribution in [0, 0.1) is 11.3 Å². The molecule has 1 aromatic carbocycles. The van der Waals surface area contributed by atoms with Crippen LogP contribution in [0.1, 0.15) is 46.5 Å². The number of thioether (sulfide) groups is 1. The van der Waals surface area contributed by atoms with Gasteiger partial charge in [0.05, 0.1) is 11.8 Å². The lowest BCUT2D eigenvalue weighted by Gasteiger charge is -2.21. The molecular weight excluding hydrogens is 396 g/mol. The molecule has 0 saturated heterocycles. The number of nitrogens with one attached hydrogen (secondary N) is 1. The average Bonchev–Trinajstić information content (AvgIpc) is 3.41. The van der Waals surface area contributed by atoms with Crippen LogP contribution in [0.4, 0.5) is 5.69 Å². The third kappa shape index (κ3) is 4.78. The van der Waals surface area contributed by atoms with Crippen molar-refractivity contribution in [1.29, 1.82) is 5.26 Å². The van der Waals surface area contributed by atoms with Gasteiger partial charge >= 0.3 is 0 Å². The molecule has 0 bridgehead atoms. The Morgan fingerprint density at radius 1 is 1.20 bits per heavy atom. The number of anilines is 1. The second-order valence-electron chi connectivity index (χ2n) is 7.51. The molecule has 0 aliphatic heterocycles. The Morgan fingerprint density at radius 2 is 1.87 bits per heavy atom. The van der Waals surface area contributed by atoms with Gasteiger partial charge in [-0.1, -0.05) is 11.8 Å². The molecular formula is C22H30N6OS. The summed E-state index contributed by atoms with van der Waals surface area (Å²) in [6.07, 6.45) is 3.44. The third-order valence-corrected chi connectivity index (χ3v) is 6.64. The largest absolute Gasteiger partial charge is 0.372 e. The minimum Gasteiger partial charge on any atom is -0.372 e. The molecule has 8 heteroatoms. The Hall–Kier alpha value is -2.53. The van der Waals surface area contributed by atoms with Gasteiger partial charge in [-0.25, -0.2) is 0 Å². The number of nitrogens with zero attached hydrogens (tertiary/aromatic N) is 5. The number of aromatic nitrogens is 3. The first kappa shape index (κ1) is 22.2. The van der Waals surface area contributed by atoms with E-state index in [1.807, 2.05) is 11.5 Å². The van der Waals surface area contributed by atoms with Crippen LogP contribution in [-0.4, -0.2) is 45.1 Å². The highest BCUT2D eigenvalue weighted by atomic mass is 32.2. The minimum atomic E-state index is -0.687. The molecule has 0 atom stereocenters. The van der Waals surface area contributed by atoms with Gasteiger partial charge in [0.2, 0.25) is 5.91 Å². The molecule has 1 aliphatic carbocycles. The molecule has 3 rings (SSSR count). The first-order valence-corrected chi connectivity index (χ1v) is 11.7. The maximum absolute atomic E-state index is 12.4. The third-order valence-electron chi connectivity index (χ3n) is 5.67. The summed E-state index contributed by atoms with van der Waals surface area (Å²) in [5.74, 6) is 0.901. The fraction of sp³-hybridized carbons (Fsp3) is 0.545. The number of carbonyl (C=O) groups is 1. The molecule has 2 aromatic rings. The molecule has 1 fully saturated rings. The fourth-order valence-electron chi connectivity index (χ4n) is 3.98. The van der Waals surface area contributed by atoms with Gasteiger partial charge in [0.1, 0.15) is 5.54 Å². The summed E-state index contributed by atoms with van der Waals surface area (Å²) in [4.78, 5) is 14.7. The molecule has 0 unspecified atom stereocenters. The first-order valence-electron chi connectivity index (χ1n) is 10.7. The second-order valence-corrected chi connectivity index (χ2v) is 8.45. The van der Waals surface area contributed by atoms with Crippen LogP contribution in [-0.2, 0) is 11.3 Å². The molecule has 1 aliphatic rings. The molecule has 1 saturated carbocycles. The molecule has 1 heterocycles. The summed E-state index contributed by atoms with van der Waals surface area (Å²) in [5.41, 5.74) is 1.51. The van der Waals surface area contributed by atoms with Crippen molar-refractivity contribution in [2.45, 2.75) is 63.7 Å². The van der Waals surface area contributed by atoms with Crippen molar-refractivity contribution < 1.29 is 4.79 Å². The molecule has 1 aromatic heterocycles. The molecule has 30 heavy (non-hydrogen) atoms. The van der Waals surface area contributed by atoms with Gasteiger partial charge in [-0.05, 0) is 70.7 Å². The quantitative estimate of drug-likeness (QED) is 0.613. The van der Waals surface area contributed by atoms with Crippen LogP contribution < -0.4 is 10.2 Å². The van der Waals surface area contributed by atoms with Crippen molar-refractivity contribution in [3.63, 3.8) is 0 Å². The molecule has 160 valence electrons. The highest BCUT2D eigenvalue weighted by Gasteiger charge is 2.35. The number of hydrogen-bond donors (Lipinski definition) is 1. The van der Waals surface area contributed by atoms with Crippen LogP contribution in [0.3, 0.4) is 0 Å². The van der Waals surface area contributed by atoms with Crippen molar-refractivity contribution in [3.05, 3.63) is 24.3 Å². The van der Waals surface area contributed by atoms with E-state index < -0.39 is 5.54 Å². The van der Waals surface area contributed by atoms with Gasteiger partial charge in [0.25, 0.3) is 0 Å². The first-order chi connectivity index (χ1) is 14.6. The Morgan fingerprint density at radius 3 is 2.43 bits per heavy atom. The van der Waals surface area contributed by atoms with Gasteiger partial charge in [-0.15, -0.1) is 10.2 Å². The lowest BCUT2D eigenvalue weighted by atomic mass is 10.0. The Kier molecular flexibility index (Phi) is 7.38. The average molecular weight is 427 g/mol. The predicted octanol–water partition coefficient (Wildman–Crippen LogP) is 3.86. The van der Waals surface area contributed by atoms with Gasteiger partial charge in [-0.2, -0.15) is 5.26 Å². The normalized spacial score (nSPS) is 15.0. The summed E-state index contributed by atoms with van der Waals surface area (Å²) in [5, 5.41) is 21.8. The van der Waals surface area contributed by atoms with Crippen molar-refractivity contribution in [1.82, 2.24) is 20.1 Å². The van der Waals surface area contributed by atoms with Gasteiger partial charge in [-0.3, -0.25) is 4.79 Å². The van der Waals surface area contributed by atoms with Gasteiger partial charge < -0.3 is 14.8 Å². The summed E-state index contributed by atoms with van der Waals surface area (Å²) in [6.45, 7) is 9.00. The topological polar surface area (TPSA) is 86.8 Å². The highest BCUT2D eigenvalue weighted by Crippen LogP contribution is 2.30. The van der Waals surface area contributed by atoms with E-state index in [0.717, 1.165) is 50.2 Å². The maximum Gasteiger partial charge on any atom is 0.231 e. The van der Waals surface area contributed by atoms with Gasteiger partial charge in [0.15, 0.2) is 11.0 Å². The number of nitriles is 1. The smallest absolute Gasteiger partial charge is 0.231 e. The zero-order chi connectivity index (χ0) is 21.6. The molecule has 7 nitrogen and oxygen atoms in total. The number of rotatable bonds is 9. The number of amides is 1. The standard InChI is InChI=1S/C22H30N6OS/c1-4-27(5-2)18-11-9-17(10-12-18)20-25-26-21(28(20)6-3)30-15-19(29)24-22(16-23)13-7-8-14-22/h9-12H,4-8,13-15H2,1-3H3,(H,24,29). The molecule has 0 spiro atoms. The van der Waals surface area contributed by atoms with Crippen molar-refractivity contribution in [2.75, 3.05) is 23.7 Å². The van der Waals surface area contributed by atoms with E-state index in [1.165, 1.54) is 17.4 Å². The second kappa shape index (κ2) is 9.98. The maximum atomic E-state index is 12.4. The van der Waals surface area contributed by atoms with Crippen LogP contribution in [0.15, 0.2) is 29.4 Å². The number of hydrogen-bond acceptors (Lipinski definition) is 6. The monoisotopic (exact) mass is 426 g/mol. The van der Waals surface area contributed by atoms with E-state index in [0.29, 0.717) is 11.7 Å². The van der Waals surface area contributed by atoms with Crippen LogP contribution in [0.5, 0.6) is 0 Å². The SMILES string of the molecule is CCN(CC)c1ccc(-c2nnc(SCC(=O)NC3(C#N)CCCC3)n2CC)cc1. The summed E-state index contributed by atoms with van der Waals surface area (Å²) in [6, 6.07) is 10.7. The summed E-state index contributed by atoms with van der Waals surface area (Å²) >= 11 is 1.36. The zero-order valence-corrected chi connectivity index (χ0v) is 18.8. The lowest BCUT2D eigenvalue weighted by molar-refractivity contribution is -0.119. The zero-order valence-electron chi connectivity index (χ0n) is 18.0. The van der Waals surface area contributed by atoms with Crippen molar-refractivity contribution in [3.8, 4) is 17.5 Å². The molecule has 0 radical (unpaired) electrons. The summed E-state index contributed by atoms with van der Waals surface area (Å²) in [7, 11) is 0. The minimum absolute atomic E-state index is 0.126. The van der Waals surface area contributed by atoms with Crippen LogP contribution in [0.25, 0.3) is 11.4 Å². The van der Waals surface area contributed by atoms with E-state index in [2.05, 4.69) is 64.6 Å². The van der Waals surface area contributed by atoms with E-state index in [9.17, 15) is 10.1 Å². The molecule has 1 N–H and O–H groups in total. The Bertz CT molecular complexity index is 891. The Labute approximate surface area is 182 Å². The van der Waals surface area contributed by atoms with E-state index in [4.69, 9.17) is 0 Å². The van der Waals surface area contributed by atoms with E-state index in [-0.39, 0.29) is 11.7 Å². The van der Waals surface area contributed by atoms with Crippen molar-refractivity contribution in [2.24, 2.45) is 0 Å². The van der Waals surface area contributed by atoms with Crippen LogP contribution in [0.2, 0.25) is 0 Å². The fourth-order valence-corrected chi connectivity index (χ4v) is 4.78. The van der Waals surface area contributed by atoms with Crippen LogP contribution >= 0.6 is 11.8 Å². The number of benzene rings is 1. The Balaban J connectivity index is 1.68. The van der Waals surface area contributed by atoms with E-state index >= 15 is 0 Å². The summed E-state index contributed by atoms with van der Waals surface area (Å²) < 4.78 is 2.03. The molecule has 1 amide bonds. The highest BCUT2D eigenvalue weighted by molar-refractivity contribution is 7.99. The van der Waals surface area contributed by atoms with Gasteiger partial charge in [0, 0.05) is 30.9 Å². The van der Waals surface area contributed by atoms with Crippen molar-refractivity contribution >= 4 is 23.4 Å². The van der Waals surface area contributed by atoms with E-state index in [1.54, 1.807) is 0 Å². The predicted molar refractivity (Wildman–Crippen MR) is 120 cm³/mol.